The van der Waals surface area contributed by atoms with Crippen molar-refractivity contribution in [1.29, 1.82) is 0 Å². The highest BCUT2D eigenvalue weighted by Gasteiger charge is 2.25. The van der Waals surface area contributed by atoms with E-state index in [9.17, 15) is 9.59 Å². The van der Waals surface area contributed by atoms with E-state index >= 15 is 0 Å². The first-order valence-electron chi connectivity index (χ1n) is 11.7. The SMILES string of the molecule is CC(C)(C)OC(=O)N1CCN(CCOc2ccc3ccc(-c4nc(CC(=O)O)cs4)cc3c2)CC1. The number of carbonyl (C=O) groups excluding carboxylic acids is 1. The molecule has 0 radical (unpaired) electrons. The van der Waals surface area contributed by atoms with Crippen LogP contribution in [-0.4, -0.2) is 76.9 Å². The average molecular weight is 498 g/mol. The lowest BCUT2D eigenvalue weighted by Crippen LogP contribution is -2.50. The number of hydrogen-bond acceptors (Lipinski definition) is 7. The number of carboxylic acids is 1. The van der Waals surface area contributed by atoms with Crippen LogP contribution in [0.15, 0.2) is 41.8 Å². The van der Waals surface area contributed by atoms with Crippen LogP contribution in [0, 0.1) is 0 Å². The van der Waals surface area contributed by atoms with Gasteiger partial charge in [0.2, 0.25) is 0 Å². The third-order valence-corrected chi connectivity index (χ3v) is 6.58. The molecule has 1 saturated heterocycles. The standard InChI is InChI=1S/C26H31N3O5S/c1-26(2,3)34-25(32)29-10-8-28(9-11-29)12-13-33-22-7-6-18-4-5-19(14-20(18)15-22)24-27-21(17-35-24)16-23(30)31/h4-7,14-15,17H,8-13,16H2,1-3H3,(H,30,31). The van der Waals surface area contributed by atoms with Crippen LogP contribution in [0.3, 0.4) is 0 Å². The molecule has 8 nitrogen and oxygen atoms in total. The molecule has 0 atom stereocenters. The molecule has 2 aromatic carbocycles. The number of ether oxygens (including phenoxy) is 2. The summed E-state index contributed by atoms with van der Waals surface area (Å²) in [6.45, 7) is 9.87. The van der Waals surface area contributed by atoms with Gasteiger partial charge in [-0.2, -0.15) is 0 Å². The fourth-order valence-electron chi connectivity index (χ4n) is 3.90. The van der Waals surface area contributed by atoms with Crippen LogP contribution >= 0.6 is 11.3 Å². The van der Waals surface area contributed by atoms with Gasteiger partial charge in [-0.1, -0.05) is 18.2 Å². The minimum atomic E-state index is -0.882. The minimum absolute atomic E-state index is 0.0713. The Balaban J connectivity index is 1.30. The van der Waals surface area contributed by atoms with Crippen molar-refractivity contribution in [3.8, 4) is 16.3 Å². The second-order valence-electron chi connectivity index (χ2n) is 9.60. The van der Waals surface area contributed by atoms with E-state index in [0.717, 1.165) is 46.7 Å². The molecule has 35 heavy (non-hydrogen) atoms. The first kappa shape index (κ1) is 24.9. The van der Waals surface area contributed by atoms with E-state index < -0.39 is 11.6 Å². The van der Waals surface area contributed by atoms with E-state index in [4.69, 9.17) is 14.6 Å². The topological polar surface area (TPSA) is 92.2 Å². The number of nitrogens with zero attached hydrogens (tertiary/aromatic N) is 3. The predicted molar refractivity (Wildman–Crippen MR) is 136 cm³/mol. The molecular formula is C26H31N3O5S. The van der Waals surface area contributed by atoms with Crippen LogP contribution in [0.2, 0.25) is 0 Å². The molecule has 1 aliphatic heterocycles. The van der Waals surface area contributed by atoms with Gasteiger partial charge < -0.3 is 19.5 Å². The number of rotatable bonds is 7. The lowest BCUT2D eigenvalue weighted by molar-refractivity contribution is -0.136. The Bertz CT molecular complexity index is 1200. The van der Waals surface area contributed by atoms with Crippen molar-refractivity contribution in [3.63, 3.8) is 0 Å². The molecule has 0 unspecified atom stereocenters. The van der Waals surface area contributed by atoms with Gasteiger partial charge in [-0.3, -0.25) is 9.69 Å². The molecule has 3 aromatic rings. The molecule has 2 heterocycles. The van der Waals surface area contributed by atoms with Gasteiger partial charge in [0.15, 0.2) is 0 Å². The van der Waals surface area contributed by atoms with E-state index in [1.54, 1.807) is 10.3 Å². The van der Waals surface area contributed by atoms with Gasteiger partial charge in [0.1, 0.15) is 23.0 Å². The molecule has 9 heteroatoms. The second kappa shape index (κ2) is 10.6. The average Bonchev–Trinajstić information content (AvgIpc) is 3.25. The number of amides is 1. The van der Waals surface area contributed by atoms with Crippen LogP contribution in [0.25, 0.3) is 21.3 Å². The van der Waals surface area contributed by atoms with Crippen molar-refractivity contribution in [3.05, 3.63) is 47.5 Å². The van der Waals surface area contributed by atoms with Crippen molar-refractivity contribution in [2.45, 2.75) is 32.8 Å². The van der Waals surface area contributed by atoms with Crippen LogP contribution in [-0.2, 0) is 16.0 Å². The molecule has 1 N–H and O–H groups in total. The van der Waals surface area contributed by atoms with Crippen molar-refractivity contribution in [1.82, 2.24) is 14.8 Å². The fraction of sp³-hybridized carbons (Fsp3) is 0.423. The molecule has 0 bridgehead atoms. The summed E-state index contributed by atoms with van der Waals surface area (Å²) >= 11 is 1.45. The lowest BCUT2D eigenvalue weighted by Gasteiger charge is -2.35. The maximum atomic E-state index is 12.2. The number of aliphatic carboxylic acids is 1. The van der Waals surface area contributed by atoms with Gasteiger partial charge in [0, 0.05) is 43.7 Å². The number of benzene rings is 2. The lowest BCUT2D eigenvalue weighted by atomic mass is 10.1. The summed E-state index contributed by atoms with van der Waals surface area (Å²) in [6, 6.07) is 12.1. The summed E-state index contributed by atoms with van der Waals surface area (Å²) < 4.78 is 11.5. The molecule has 0 spiro atoms. The summed E-state index contributed by atoms with van der Waals surface area (Å²) in [4.78, 5) is 31.6. The highest BCUT2D eigenvalue weighted by molar-refractivity contribution is 7.13. The molecule has 0 saturated carbocycles. The fourth-order valence-corrected chi connectivity index (χ4v) is 4.71. The molecule has 1 fully saturated rings. The quantitative estimate of drug-likeness (QED) is 0.513. The van der Waals surface area contributed by atoms with E-state index in [2.05, 4.69) is 16.0 Å². The molecule has 1 aliphatic rings. The Kier molecular flexibility index (Phi) is 7.57. The number of piperazine rings is 1. The van der Waals surface area contributed by atoms with Gasteiger partial charge in [-0.05, 0) is 49.7 Å². The third kappa shape index (κ3) is 6.93. The van der Waals surface area contributed by atoms with Crippen molar-refractivity contribution >= 4 is 34.2 Å². The van der Waals surface area contributed by atoms with Crippen LogP contribution in [0.4, 0.5) is 4.79 Å². The summed E-state index contributed by atoms with van der Waals surface area (Å²) in [6.07, 6.45) is -0.322. The Hall–Kier alpha value is -3.17. The third-order valence-electron chi connectivity index (χ3n) is 5.64. The molecule has 186 valence electrons. The van der Waals surface area contributed by atoms with Gasteiger partial charge >= 0.3 is 12.1 Å². The van der Waals surface area contributed by atoms with Gasteiger partial charge in [0.05, 0.1) is 12.1 Å². The van der Waals surface area contributed by atoms with E-state index in [1.807, 2.05) is 51.1 Å². The summed E-state index contributed by atoms with van der Waals surface area (Å²) in [5, 5.41) is 13.7. The summed E-state index contributed by atoms with van der Waals surface area (Å²) in [7, 11) is 0. The van der Waals surface area contributed by atoms with Gasteiger partial charge in [-0.15, -0.1) is 11.3 Å². The first-order chi connectivity index (χ1) is 16.7. The number of carbonyl (C=O) groups is 2. The maximum Gasteiger partial charge on any atom is 0.410 e. The van der Waals surface area contributed by atoms with E-state index in [0.29, 0.717) is 25.4 Å². The highest BCUT2D eigenvalue weighted by atomic mass is 32.1. The Labute approximate surface area is 209 Å². The first-order valence-corrected chi connectivity index (χ1v) is 12.6. The minimum Gasteiger partial charge on any atom is -0.492 e. The highest BCUT2D eigenvalue weighted by Crippen LogP contribution is 2.29. The molecule has 1 aromatic heterocycles. The number of hydrogen-bond donors (Lipinski definition) is 1. The summed E-state index contributed by atoms with van der Waals surface area (Å²) in [5.74, 6) is -0.0835. The Morgan fingerprint density at radius 2 is 1.80 bits per heavy atom. The zero-order valence-corrected chi connectivity index (χ0v) is 21.1. The normalized spacial score (nSPS) is 14.8. The van der Waals surface area contributed by atoms with Crippen LogP contribution in [0.1, 0.15) is 26.5 Å². The number of fused-ring (bicyclic) bond motifs is 1. The molecule has 0 aliphatic carbocycles. The van der Waals surface area contributed by atoms with Crippen molar-refractivity contribution < 1.29 is 24.2 Å². The zero-order valence-electron chi connectivity index (χ0n) is 20.3. The second-order valence-corrected chi connectivity index (χ2v) is 10.5. The monoisotopic (exact) mass is 497 g/mol. The van der Waals surface area contributed by atoms with Crippen LogP contribution in [0.5, 0.6) is 5.75 Å². The number of carboxylic acid groups (broad SMARTS) is 1. The van der Waals surface area contributed by atoms with Crippen LogP contribution < -0.4 is 4.74 Å². The van der Waals surface area contributed by atoms with Crippen molar-refractivity contribution in [2.24, 2.45) is 0 Å². The maximum absolute atomic E-state index is 12.2. The molecular weight excluding hydrogens is 466 g/mol. The largest absolute Gasteiger partial charge is 0.492 e. The molecule has 4 rings (SSSR count). The number of thiazole rings is 1. The van der Waals surface area contributed by atoms with E-state index in [1.165, 1.54) is 11.3 Å². The van der Waals surface area contributed by atoms with Gasteiger partial charge in [0.25, 0.3) is 0 Å². The smallest absolute Gasteiger partial charge is 0.410 e. The summed E-state index contributed by atoms with van der Waals surface area (Å²) in [5.41, 5.74) is 1.05. The zero-order chi connectivity index (χ0) is 25.0. The number of aromatic nitrogens is 1. The van der Waals surface area contributed by atoms with Crippen molar-refractivity contribution in [2.75, 3.05) is 39.3 Å². The van der Waals surface area contributed by atoms with Gasteiger partial charge in [-0.25, -0.2) is 9.78 Å². The van der Waals surface area contributed by atoms with E-state index in [-0.39, 0.29) is 12.5 Å². The predicted octanol–water partition coefficient (Wildman–Crippen LogP) is 4.52. The Morgan fingerprint density at radius 3 is 2.51 bits per heavy atom. The molecule has 1 amide bonds. The Morgan fingerprint density at radius 1 is 1.06 bits per heavy atom.